The third-order valence-corrected chi connectivity index (χ3v) is 4.03. The monoisotopic (exact) mass is 371 g/mol. The van der Waals surface area contributed by atoms with Crippen molar-refractivity contribution in [3.63, 3.8) is 0 Å². The van der Waals surface area contributed by atoms with Crippen molar-refractivity contribution in [1.29, 1.82) is 0 Å². The summed E-state index contributed by atoms with van der Waals surface area (Å²) >= 11 is 0. The maximum Gasteiger partial charge on any atom is 0.243 e. The molecule has 0 atom stereocenters. The topological polar surface area (TPSA) is 99.8 Å². The molecule has 0 aliphatic heterocycles. The summed E-state index contributed by atoms with van der Waals surface area (Å²) in [5.41, 5.74) is 1.00. The Hall–Kier alpha value is -3.16. The van der Waals surface area contributed by atoms with Crippen LogP contribution in [0.2, 0.25) is 0 Å². The standard InChI is InChI=1S/C19H25N5O3/c1-2-3-10-24(14-18(25)21-12-16-7-5-4-6-8-16)19(26)15-23-11-9-20-17(23)13-22-27/h4-9,11,13,27H,2-3,10,12,14-15H2,1H3,(H,21,25)/b22-13+. The molecule has 2 rings (SSSR count). The second-order valence-corrected chi connectivity index (χ2v) is 6.09. The molecular formula is C19H25N5O3. The van der Waals surface area contributed by atoms with Gasteiger partial charge in [-0.25, -0.2) is 4.98 Å². The van der Waals surface area contributed by atoms with Crippen LogP contribution in [0.4, 0.5) is 0 Å². The number of carbonyl (C=O) groups is 2. The van der Waals surface area contributed by atoms with Gasteiger partial charge in [0.05, 0.1) is 6.54 Å². The van der Waals surface area contributed by atoms with E-state index in [0.29, 0.717) is 18.9 Å². The van der Waals surface area contributed by atoms with Gasteiger partial charge < -0.3 is 20.0 Å². The van der Waals surface area contributed by atoms with E-state index in [0.717, 1.165) is 24.6 Å². The van der Waals surface area contributed by atoms with E-state index in [4.69, 9.17) is 5.21 Å². The normalized spacial score (nSPS) is 10.9. The molecule has 0 aliphatic carbocycles. The Morgan fingerprint density at radius 2 is 2.11 bits per heavy atom. The molecule has 2 amide bonds. The van der Waals surface area contributed by atoms with Gasteiger partial charge in [-0.1, -0.05) is 48.8 Å². The van der Waals surface area contributed by atoms with Crippen LogP contribution in [0.15, 0.2) is 47.9 Å². The summed E-state index contributed by atoms with van der Waals surface area (Å²) in [7, 11) is 0. The Balaban J connectivity index is 1.95. The predicted octanol–water partition coefficient (Wildman–Crippen LogP) is 1.64. The molecule has 144 valence electrons. The fourth-order valence-corrected chi connectivity index (χ4v) is 2.55. The second-order valence-electron chi connectivity index (χ2n) is 6.09. The molecule has 2 N–H and O–H groups in total. The van der Waals surface area contributed by atoms with Crippen LogP contribution in [0.25, 0.3) is 0 Å². The first kappa shape index (κ1) is 20.2. The van der Waals surface area contributed by atoms with E-state index in [1.165, 1.54) is 6.20 Å². The van der Waals surface area contributed by atoms with Gasteiger partial charge in [-0.3, -0.25) is 9.59 Å². The summed E-state index contributed by atoms with van der Waals surface area (Å²) in [4.78, 5) is 30.5. The van der Waals surface area contributed by atoms with Gasteiger partial charge >= 0.3 is 0 Å². The Morgan fingerprint density at radius 1 is 1.33 bits per heavy atom. The van der Waals surface area contributed by atoms with Crippen LogP contribution in [-0.4, -0.2) is 50.8 Å². The number of imidazole rings is 1. The molecular weight excluding hydrogens is 346 g/mol. The molecule has 0 bridgehead atoms. The highest BCUT2D eigenvalue weighted by Gasteiger charge is 2.18. The van der Waals surface area contributed by atoms with Crippen LogP contribution >= 0.6 is 0 Å². The number of aromatic nitrogens is 2. The lowest BCUT2D eigenvalue weighted by molar-refractivity contribution is -0.136. The molecule has 0 aliphatic rings. The lowest BCUT2D eigenvalue weighted by atomic mass is 10.2. The van der Waals surface area contributed by atoms with Crippen molar-refractivity contribution >= 4 is 18.0 Å². The van der Waals surface area contributed by atoms with E-state index < -0.39 is 0 Å². The molecule has 0 radical (unpaired) electrons. The van der Waals surface area contributed by atoms with E-state index in [2.05, 4.69) is 15.5 Å². The summed E-state index contributed by atoms with van der Waals surface area (Å²) in [6, 6.07) is 9.61. The summed E-state index contributed by atoms with van der Waals surface area (Å²) in [5, 5.41) is 14.5. The number of nitrogens with one attached hydrogen (secondary N) is 1. The average molecular weight is 371 g/mol. The number of hydrogen-bond donors (Lipinski definition) is 2. The largest absolute Gasteiger partial charge is 0.411 e. The minimum absolute atomic E-state index is 0.00376. The van der Waals surface area contributed by atoms with Crippen LogP contribution in [-0.2, 0) is 22.7 Å². The second kappa shape index (κ2) is 10.7. The van der Waals surface area contributed by atoms with Gasteiger partial charge in [0.25, 0.3) is 0 Å². The van der Waals surface area contributed by atoms with Crippen molar-refractivity contribution in [1.82, 2.24) is 19.8 Å². The minimum Gasteiger partial charge on any atom is -0.411 e. The lowest BCUT2D eigenvalue weighted by Gasteiger charge is -2.22. The number of benzene rings is 1. The van der Waals surface area contributed by atoms with Crippen LogP contribution in [0.5, 0.6) is 0 Å². The number of oxime groups is 1. The zero-order valence-corrected chi connectivity index (χ0v) is 15.4. The molecule has 1 heterocycles. The molecule has 27 heavy (non-hydrogen) atoms. The van der Waals surface area contributed by atoms with Crippen molar-refractivity contribution < 1.29 is 14.8 Å². The van der Waals surface area contributed by atoms with Gasteiger partial charge in [-0.15, -0.1) is 0 Å². The average Bonchev–Trinajstić information content (AvgIpc) is 3.11. The van der Waals surface area contributed by atoms with Gasteiger partial charge in [0.15, 0.2) is 5.82 Å². The zero-order valence-electron chi connectivity index (χ0n) is 15.4. The highest BCUT2D eigenvalue weighted by molar-refractivity contribution is 5.85. The fourth-order valence-electron chi connectivity index (χ4n) is 2.55. The fraction of sp³-hybridized carbons (Fsp3) is 0.368. The van der Waals surface area contributed by atoms with E-state index in [1.807, 2.05) is 37.3 Å². The quantitative estimate of drug-likeness (QED) is 0.377. The van der Waals surface area contributed by atoms with Crippen LogP contribution in [0.3, 0.4) is 0 Å². The summed E-state index contributed by atoms with van der Waals surface area (Å²) in [6.45, 7) is 2.99. The highest BCUT2D eigenvalue weighted by Crippen LogP contribution is 2.02. The molecule has 1 aromatic heterocycles. The van der Waals surface area contributed by atoms with Crippen LogP contribution < -0.4 is 5.32 Å². The molecule has 1 aromatic carbocycles. The molecule has 0 spiro atoms. The molecule has 0 fully saturated rings. The number of hydrogen-bond acceptors (Lipinski definition) is 5. The van der Waals surface area contributed by atoms with Crippen molar-refractivity contribution in [2.24, 2.45) is 5.16 Å². The van der Waals surface area contributed by atoms with Gasteiger partial charge in [-0.2, -0.15) is 0 Å². The van der Waals surface area contributed by atoms with Crippen LogP contribution in [0.1, 0.15) is 31.2 Å². The van der Waals surface area contributed by atoms with E-state index in [1.54, 1.807) is 15.7 Å². The molecule has 0 saturated heterocycles. The summed E-state index contributed by atoms with van der Waals surface area (Å²) in [5.74, 6) is -0.0233. The van der Waals surface area contributed by atoms with Gasteiger partial charge in [-0.05, 0) is 12.0 Å². The number of amides is 2. The van der Waals surface area contributed by atoms with E-state index in [9.17, 15) is 9.59 Å². The first-order chi connectivity index (χ1) is 13.1. The summed E-state index contributed by atoms with van der Waals surface area (Å²) in [6.07, 6.45) is 6.04. The summed E-state index contributed by atoms with van der Waals surface area (Å²) < 4.78 is 1.57. The maximum atomic E-state index is 12.7. The molecule has 0 saturated carbocycles. The highest BCUT2D eigenvalue weighted by atomic mass is 16.4. The number of unbranched alkanes of at least 4 members (excludes halogenated alkanes) is 1. The molecule has 0 unspecified atom stereocenters. The lowest BCUT2D eigenvalue weighted by Crippen LogP contribution is -2.42. The van der Waals surface area contributed by atoms with E-state index in [-0.39, 0.29) is 24.9 Å². The Kier molecular flexibility index (Phi) is 8.02. The molecule has 8 heteroatoms. The van der Waals surface area contributed by atoms with Crippen molar-refractivity contribution in [3.8, 4) is 0 Å². The molecule has 8 nitrogen and oxygen atoms in total. The SMILES string of the molecule is CCCCN(CC(=O)NCc1ccccc1)C(=O)Cn1ccnc1/C=N/O. The van der Waals surface area contributed by atoms with Crippen molar-refractivity contribution in [2.45, 2.75) is 32.9 Å². The Bertz CT molecular complexity index is 758. The predicted molar refractivity (Wildman–Crippen MR) is 101 cm³/mol. The first-order valence-electron chi connectivity index (χ1n) is 8.91. The van der Waals surface area contributed by atoms with Gasteiger partial charge in [0, 0.05) is 25.5 Å². The first-order valence-corrected chi connectivity index (χ1v) is 8.91. The Labute approximate surface area is 158 Å². The third kappa shape index (κ3) is 6.58. The Morgan fingerprint density at radius 3 is 2.81 bits per heavy atom. The minimum atomic E-state index is -0.203. The van der Waals surface area contributed by atoms with Gasteiger partial charge in [0.2, 0.25) is 11.8 Å². The van der Waals surface area contributed by atoms with Gasteiger partial charge in [0.1, 0.15) is 12.8 Å². The zero-order chi connectivity index (χ0) is 19.5. The van der Waals surface area contributed by atoms with E-state index >= 15 is 0 Å². The number of carbonyl (C=O) groups excluding carboxylic acids is 2. The number of rotatable bonds is 10. The van der Waals surface area contributed by atoms with Crippen molar-refractivity contribution in [3.05, 3.63) is 54.1 Å². The smallest absolute Gasteiger partial charge is 0.243 e. The molecule has 2 aromatic rings. The van der Waals surface area contributed by atoms with Crippen LogP contribution in [0, 0.1) is 0 Å². The third-order valence-electron chi connectivity index (χ3n) is 4.03. The van der Waals surface area contributed by atoms with Crippen molar-refractivity contribution in [2.75, 3.05) is 13.1 Å². The number of nitrogens with zero attached hydrogens (tertiary/aromatic N) is 4. The maximum absolute atomic E-state index is 12.7.